The van der Waals surface area contributed by atoms with Gasteiger partial charge in [0.1, 0.15) is 0 Å². The fourth-order valence-electron chi connectivity index (χ4n) is 1.70. The molecule has 1 heterocycles. The van der Waals surface area contributed by atoms with Crippen molar-refractivity contribution < 1.29 is 4.79 Å². The summed E-state index contributed by atoms with van der Waals surface area (Å²) in [6.07, 6.45) is 1.77. The van der Waals surface area contributed by atoms with E-state index in [0.29, 0.717) is 6.54 Å². The first-order chi connectivity index (χ1) is 10.0. The van der Waals surface area contributed by atoms with Gasteiger partial charge in [-0.3, -0.25) is 9.78 Å². The quantitative estimate of drug-likeness (QED) is 0.857. The summed E-state index contributed by atoms with van der Waals surface area (Å²) in [5.41, 5.74) is 2.69. The Kier molecular flexibility index (Phi) is 5.33. The predicted octanol–water partition coefficient (Wildman–Crippen LogP) is 4.05. The maximum Gasteiger partial charge on any atom is 0.226 e. The zero-order chi connectivity index (χ0) is 15.2. The van der Waals surface area contributed by atoms with Crippen molar-refractivity contribution in [3.63, 3.8) is 0 Å². The number of carbonyl (C=O) groups excluding carboxylic acids is 1. The molecule has 0 radical (unpaired) electrons. The van der Waals surface area contributed by atoms with E-state index in [0.717, 1.165) is 21.5 Å². The number of halogens is 1. The van der Waals surface area contributed by atoms with Gasteiger partial charge < -0.3 is 10.6 Å². The van der Waals surface area contributed by atoms with Crippen LogP contribution in [0.4, 0.5) is 11.4 Å². The smallest absolute Gasteiger partial charge is 0.226 e. The molecule has 1 amide bonds. The number of amides is 1. The number of rotatable bonds is 5. The Morgan fingerprint density at radius 2 is 2.00 bits per heavy atom. The Morgan fingerprint density at radius 1 is 1.24 bits per heavy atom. The van der Waals surface area contributed by atoms with Crippen molar-refractivity contribution in [3.8, 4) is 0 Å². The standard InChI is InChI=1S/C16H18BrN3O/c1-11(2)16(21)20-14-5-3-4-13(8-14)19-10-15-7-6-12(17)9-18-15/h3-9,11,19H,10H2,1-2H3,(H,20,21). The minimum absolute atomic E-state index is 0.0155. The molecule has 110 valence electrons. The van der Waals surface area contributed by atoms with E-state index in [9.17, 15) is 4.79 Å². The molecular weight excluding hydrogens is 330 g/mol. The van der Waals surface area contributed by atoms with Crippen molar-refractivity contribution in [1.29, 1.82) is 0 Å². The van der Waals surface area contributed by atoms with Gasteiger partial charge in [0.05, 0.1) is 12.2 Å². The van der Waals surface area contributed by atoms with E-state index in [4.69, 9.17) is 0 Å². The van der Waals surface area contributed by atoms with Crippen LogP contribution in [0.2, 0.25) is 0 Å². The summed E-state index contributed by atoms with van der Waals surface area (Å²) in [7, 11) is 0. The second-order valence-corrected chi connectivity index (χ2v) is 5.96. The fourth-order valence-corrected chi connectivity index (χ4v) is 1.93. The second kappa shape index (κ2) is 7.22. The SMILES string of the molecule is CC(C)C(=O)Nc1cccc(NCc2ccc(Br)cn2)c1. The van der Waals surface area contributed by atoms with Gasteiger partial charge in [-0.2, -0.15) is 0 Å². The van der Waals surface area contributed by atoms with Crippen LogP contribution in [0.5, 0.6) is 0 Å². The van der Waals surface area contributed by atoms with Crippen molar-refractivity contribution in [2.24, 2.45) is 5.92 Å². The van der Waals surface area contributed by atoms with Crippen LogP contribution >= 0.6 is 15.9 Å². The topological polar surface area (TPSA) is 54.0 Å². The van der Waals surface area contributed by atoms with Crippen molar-refractivity contribution in [2.75, 3.05) is 10.6 Å². The largest absolute Gasteiger partial charge is 0.379 e. The summed E-state index contributed by atoms with van der Waals surface area (Å²) in [4.78, 5) is 16.0. The number of anilines is 2. The van der Waals surface area contributed by atoms with E-state index < -0.39 is 0 Å². The average Bonchev–Trinajstić information content (AvgIpc) is 2.47. The van der Waals surface area contributed by atoms with Gasteiger partial charge in [0.15, 0.2) is 0 Å². The average molecular weight is 348 g/mol. The maximum atomic E-state index is 11.7. The number of hydrogen-bond donors (Lipinski definition) is 2. The molecule has 0 saturated heterocycles. The highest BCUT2D eigenvalue weighted by Gasteiger charge is 2.07. The molecule has 0 aliphatic heterocycles. The maximum absolute atomic E-state index is 11.7. The number of nitrogens with zero attached hydrogens (tertiary/aromatic N) is 1. The molecule has 0 atom stereocenters. The molecule has 0 aliphatic rings. The highest BCUT2D eigenvalue weighted by molar-refractivity contribution is 9.10. The van der Waals surface area contributed by atoms with E-state index in [1.54, 1.807) is 6.20 Å². The predicted molar refractivity (Wildman–Crippen MR) is 89.2 cm³/mol. The minimum Gasteiger partial charge on any atom is -0.379 e. The molecule has 1 aromatic heterocycles. The number of carbonyl (C=O) groups is 1. The highest BCUT2D eigenvalue weighted by atomic mass is 79.9. The molecule has 0 unspecified atom stereocenters. The van der Waals surface area contributed by atoms with Gasteiger partial charge in [0.25, 0.3) is 0 Å². The summed E-state index contributed by atoms with van der Waals surface area (Å²) < 4.78 is 0.963. The number of nitrogens with one attached hydrogen (secondary N) is 2. The molecule has 0 aliphatic carbocycles. The Hall–Kier alpha value is -1.88. The zero-order valence-corrected chi connectivity index (χ0v) is 13.6. The monoisotopic (exact) mass is 347 g/mol. The molecule has 0 fully saturated rings. The number of pyridine rings is 1. The molecule has 1 aromatic carbocycles. The summed E-state index contributed by atoms with van der Waals surface area (Å²) in [5.74, 6) is -0.0182. The molecule has 4 nitrogen and oxygen atoms in total. The normalized spacial score (nSPS) is 10.5. The third kappa shape index (κ3) is 4.86. The van der Waals surface area contributed by atoms with Crippen molar-refractivity contribution in [1.82, 2.24) is 4.98 Å². The lowest BCUT2D eigenvalue weighted by atomic mass is 10.2. The van der Waals surface area contributed by atoms with Crippen molar-refractivity contribution in [2.45, 2.75) is 20.4 Å². The molecule has 0 saturated carbocycles. The van der Waals surface area contributed by atoms with E-state index in [2.05, 4.69) is 31.5 Å². The Labute approximate surface area is 133 Å². The number of benzene rings is 1. The lowest BCUT2D eigenvalue weighted by Crippen LogP contribution is -2.17. The van der Waals surface area contributed by atoms with Gasteiger partial charge in [0.2, 0.25) is 5.91 Å². The van der Waals surface area contributed by atoms with Crippen LogP contribution in [0, 0.1) is 5.92 Å². The molecule has 2 rings (SSSR count). The van der Waals surface area contributed by atoms with E-state index in [-0.39, 0.29) is 11.8 Å². The van der Waals surface area contributed by atoms with E-state index >= 15 is 0 Å². The van der Waals surface area contributed by atoms with Gasteiger partial charge in [-0.15, -0.1) is 0 Å². The van der Waals surface area contributed by atoms with Crippen LogP contribution in [-0.2, 0) is 11.3 Å². The van der Waals surface area contributed by atoms with Crippen LogP contribution < -0.4 is 10.6 Å². The molecule has 2 aromatic rings. The summed E-state index contributed by atoms with van der Waals surface area (Å²) in [6.45, 7) is 4.38. The number of hydrogen-bond acceptors (Lipinski definition) is 3. The molecule has 2 N–H and O–H groups in total. The van der Waals surface area contributed by atoms with E-state index in [1.807, 2.05) is 50.2 Å². The molecular formula is C16H18BrN3O. The van der Waals surface area contributed by atoms with Crippen molar-refractivity contribution in [3.05, 3.63) is 52.8 Å². The lowest BCUT2D eigenvalue weighted by molar-refractivity contribution is -0.118. The Balaban J connectivity index is 1.97. The zero-order valence-electron chi connectivity index (χ0n) is 12.1. The van der Waals surface area contributed by atoms with E-state index in [1.165, 1.54) is 0 Å². The third-order valence-electron chi connectivity index (χ3n) is 2.92. The van der Waals surface area contributed by atoms with Gasteiger partial charge in [-0.25, -0.2) is 0 Å². The second-order valence-electron chi connectivity index (χ2n) is 5.05. The van der Waals surface area contributed by atoms with Gasteiger partial charge >= 0.3 is 0 Å². The van der Waals surface area contributed by atoms with Crippen LogP contribution in [-0.4, -0.2) is 10.9 Å². The van der Waals surface area contributed by atoms with Crippen LogP contribution in [0.25, 0.3) is 0 Å². The highest BCUT2D eigenvalue weighted by Crippen LogP contribution is 2.17. The van der Waals surface area contributed by atoms with Gasteiger partial charge in [-0.05, 0) is 46.3 Å². The van der Waals surface area contributed by atoms with Crippen LogP contribution in [0.15, 0.2) is 47.1 Å². The molecule has 0 bridgehead atoms. The number of aromatic nitrogens is 1. The first-order valence-electron chi connectivity index (χ1n) is 6.80. The molecule has 21 heavy (non-hydrogen) atoms. The van der Waals surface area contributed by atoms with Crippen LogP contribution in [0.1, 0.15) is 19.5 Å². The molecule has 5 heteroatoms. The van der Waals surface area contributed by atoms with Gasteiger partial charge in [0, 0.05) is 28.0 Å². The fraction of sp³-hybridized carbons (Fsp3) is 0.250. The minimum atomic E-state index is -0.0337. The van der Waals surface area contributed by atoms with Gasteiger partial charge in [-0.1, -0.05) is 19.9 Å². The molecule has 0 spiro atoms. The third-order valence-corrected chi connectivity index (χ3v) is 3.39. The summed E-state index contributed by atoms with van der Waals surface area (Å²) in [5, 5.41) is 6.18. The first-order valence-corrected chi connectivity index (χ1v) is 7.59. The lowest BCUT2D eigenvalue weighted by Gasteiger charge is -2.10. The van der Waals surface area contributed by atoms with Crippen molar-refractivity contribution >= 4 is 33.2 Å². The summed E-state index contributed by atoms with van der Waals surface area (Å²) in [6, 6.07) is 11.6. The first kappa shape index (κ1) is 15.5. The Morgan fingerprint density at radius 3 is 2.67 bits per heavy atom. The van der Waals surface area contributed by atoms with Crippen LogP contribution in [0.3, 0.4) is 0 Å². The Bertz CT molecular complexity index is 611. The summed E-state index contributed by atoms with van der Waals surface area (Å²) >= 11 is 3.36.